The lowest BCUT2D eigenvalue weighted by Crippen LogP contribution is -2.42. The standard InChI is InChI=1S/C16H30N4O.HI/c1-4-18-15(19-11-16(2,3)14(17)21)20-9-12-7-5-6-8-13(12)10-20;/h12-13H,4-11H2,1-3H3,(H2,17,21)(H,18,19);1H. The summed E-state index contributed by atoms with van der Waals surface area (Å²) in [5, 5.41) is 3.37. The summed E-state index contributed by atoms with van der Waals surface area (Å²) < 4.78 is 0. The van der Waals surface area contributed by atoms with Crippen LogP contribution in [0, 0.1) is 17.3 Å². The third kappa shape index (κ3) is 4.73. The largest absolute Gasteiger partial charge is 0.369 e. The Balaban J connectivity index is 0.00000242. The Labute approximate surface area is 151 Å². The lowest BCUT2D eigenvalue weighted by atomic mass is 9.82. The molecule has 1 saturated carbocycles. The van der Waals surface area contributed by atoms with Crippen LogP contribution >= 0.6 is 24.0 Å². The average Bonchev–Trinajstić information content (AvgIpc) is 2.86. The minimum absolute atomic E-state index is 0. The minimum Gasteiger partial charge on any atom is -0.369 e. The first-order valence-electron chi connectivity index (χ1n) is 8.27. The first-order chi connectivity index (χ1) is 9.94. The number of primary amides is 1. The molecule has 5 nitrogen and oxygen atoms in total. The zero-order valence-electron chi connectivity index (χ0n) is 14.1. The minimum atomic E-state index is -0.590. The quantitative estimate of drug-likeness (QED) is 0.415. The molecule has 1 saturated heterocycles. The van der Waals surface area contributed by atoms with Crippen LogP contribution in [0.1, 0.15) is 46.5 Å². The van der Waals surface area contributed by atoms with Crippen molar-refractivity contribution in [1.29, 1.82) is 0 Å². The van der Waals surface area contributed by atoms with Crippen LogP contribution in [0.4, 0.5) is 0 Å². The number of halogens is 1. The number of nitrogens with one attached hydrogen (secondary N) is 1. The van der Waals surface area contributed by atoms with Crippen molar-refractivity contribution in [3.05, 3.63) is 0 Å². The van der Waals surface area contributed by atoms with Gasteiger partial charge in [0.15, 0.2) is 5.96 Å². The molecule has 2 aliphatic rings. The first kappa shape index (κ1) is 19.5. The molecular formula is C16H31IN4O. The van der Waals surface area contributed by atoms with Gasteiger partial charge in [-0.15, -0.1) is 24.0 Å². The molecule has 1 heterocycles. The molecular weight excluding hydrogens is 391 g/mol. The molecule has 0 aromatic heterocycles. The third-order valence-corrected chi connectivity index (χ3v) is 4.90. The second-order valence-electron chi connectivity index (χ2n) is 7.13. The number of fused-ring (bicyclic) bond motifs is 1. The molecule has 1 aliphatic heterocycles. The van der Waals surface area contributed by atoms with E-state index in [9.17, 15) is 4.79 Å². The van der Waals surface area contributed by atoms with Gasteiger partial charge in [0.2, 0.25) is 5.91 Å². The highest BCUT2D eigenvalue weighted by Gasteiger charge is 2.36. The average molecular weight is 422 g/mol. The maximum atomic E-state index is 11.4. The monoisotopic (exact) mass is 422 g/mol. The molecule has 2 unspecified atom stereocenters. The van der Waals surface area contributed by atoms with Gasteiger partial charge in [0.05, 0.1) is 12.0 Å². The van der Waals surface area contributed by atoms with Gasteiger partial charge in [0.25, 0.3) is 0 Å². The second kappa shape index (κ2) is 8.36. The van der Waals surface area contributed by atoms with Crippen LogP contribution in [0.3, 0.4) is 0 Å². The molecule has 0 aromatic carbocycles. The van der Waals surface area contributed by atoms with E-state index in [2.05, 4.69) is 22.1 Å². The fraction of sp³-hybridized carbons (Fsp3) is 0.875. The SMILES string of the molecule is CCNC(=NCC(C)(C)C(N)=O)N1CC2CCCCC2C1.I. The lowest BCUT2D eigenvalue weighted by Gasteiger charge is -2.24. The van der Waals surface area contributed by atoms with Crippen LogP contribution in [0.15, 0.2) is 4.99 Å². The summed E-state index contributed by atoms with van der Waals surface area (Å²) in [6.45, 7) is 9.29. The number of guanidine groups is 1. The van der Waals surface area contributed by atoms with Crippen molar-refractivity contribution in [1.82, 2.24) is 10.2 Å². The van der Waals surface area contributed by atoms with Gasteiger partial charge in [-0.25, -0.2) is 0 Å². The Morgan fingerprint density at radius 1 is 1.27 bits per heavy atom. The van der Waals surface area contributed by atoms with E-state index in [1.54, 1.807) is 0 Å². The molecule has 2 atom stereocenters. The van der Waals surface area contributed by atoms with Gasteiger partial charge in [-0.2, -0.15) is 0 Å². The van der Waals surface area contributed by atoms with Crippen molar-refractivity contribution in [2.24, 2.45) is 28.0 Å². The summed E-state index contributed by atoms with van der Waals surface area (Å²) in [5.74, 6) is 2.30. The van der Waals surface area contributed by atoms with Gasteiger partial charge in [0.1, 0.15) is 0 Å². The summed E-state index contributed by atoms with van der Waals surface area (Å²) in [7, 11) is 0. The first-order valence-corrected chi connectivity index (χ1v) is 8.27. The number of aliphatic imine (C=N–C) groups is 1. The highest BCUT2D eigenvalue weighted by atomic mass is 127. The number of carbonyl (C=O) groups is 1. The summed E-state index contributed by atoms with van der Waals surface area (Å²) in [6, 6.07) is 0. The number of rotatable bonds is 4. The van der Waals surface area contributed by atoms with Crippen molar-refractivity contribution in [2.45, 2.75) is 46.5 Å². The Kier molecular flexibility index (Phi) is 7.41. The normalized spacial score (nSPS) is 25.4. The van der Waals surface area contributed by atoms with E-state index in [1.807, 2.05) is 13.8 Å². The van der Waals surface area contributed by atoms with E-state index in [0.717, 1.165) is 37.4 Å². The molecule has 2 rings (SSSR count). The topological polar surface area (TPSA) is 70.7 Å². The maximum Gasteiger partial charge on any atom is 0.224 e. The number of amides is 1. The van der Waals surface area contributed by atoms with Gasteiger partial charge in [-0.3, -0.25) is 9.79 Å². The molecule has 0 bridgehead atoms. The van der Waals surface area contributed by atoms with Crippen molar-refractivity contribution in [2.75, 3.05) is 26.2 Å². The van der Waals surface area contributed by atoms with Gasteiger partial charge in [0, 0.05) is 19.6 Å². The molecule has 128 valence electrons. The van der Waals surface area contributed by atoms with Crippen molar-refractivity contribution >= 4 is 35.8 Å². The molecule has 6 heteroatoms. The molecule has 1 amide bonds. The van der Waals surface area contributed by atoms with E-state index in [-0.39, 0.29) is 29.9 Å². The Hall–Kier alpha value is -0.530. The van der Waals surface area contributed by atoms with Crippen molar-refractivity contribution < 1.29 is 4.79 Å². The zero-order valence-corrected chi connectivity index (χ0v) is 16.4. The molecule has 3 N–H and O–H groups in total. The molecule has 22 heavy (non-hydrogen) atoms. The number of carbonyl (C=O) groups excluding carboxylic acids is 1. The van der Waals surface area contributed by atoms with Gasteiger partial charge >= 0.3 is 0 Å². The van der Waals surface area contributed by atoms with Crippen molar-refractivity contribution in [3.63, 3.8) is 0 Å². The molecule has 0 radical (unpaired) electrons. The summed E-state index contributed by atoms with van der Waals surface area (Å²) >= 11 is 0. The number of likely N-dealkylation sites (tertiary alicyclic amines) is 1. The van der Waals surface area contributed by atoms with Crippen LogP contribution in [0.25, 0.3) is 0 Å². The zero-order chi connectivity index (χ0) is 15.5. The lowest BCUT2D eigenvalue weighted by molar-refractivity contribution is -0.125. The van der Waals surface area contributed by atoms with Gasteiger partial charge in [-0.05, 0) is 45.4 Å². The Morgan fingerprint density at radius 3 is 2.27 bits per heavy atom. The molecule has 0 aromatic rings. The molecule has 2 fully saturated rings. The van der Waals surface area contributed by atoms with Crippen LogP contribution in [0.5, 0.6) is 0 Å². The highest BCUT2D eigenvalue weighted by Crippen LogP contribution is 2.36. The predicted octanol–water partition coefficient (Wildman–Crippen LogP) is 2.20. The van der Waals surface area contributed by atoms with E-state index >= 15 is 0 Å². The summed E-state index contributed by atoms with van der Waals surface area (Å²) in [4.78, 5) is 18.5. The number of nitrogens with two attached hydrogens (primary N) is 1. The number of hydrogen-bond acceptors (Lipinski definition) is 2. The van der Waals surface area contributed by atoms with Crippen LogP contribution < -0.4 is 11.1 Å². The van der Waals surface area contributed by atoms with Crippen LogP contribution in [0.2, 0.25) is 0 Å². The molecule has 0 spiro atoms. The second-order valence-corrected chi connectivity index (χ2v) is 7.13. The van der Waals surface area contributed by atoms with E-state index in [0.29, 0.717) is 6.54 Å². The smallest absolute Gasteiger partial charge is 0.224 e. The summed E-state index contributed by atoms with van der Waals surface area (Å²) in [5.41, 5.74) is 4.85. The van der Waals surface area contributed by atoms with Crippen molar-refractivity contribution in [3.8, 4) is 0 Å². The molecule has 1 aliphatic carbocycles. The van der Waals surface area contributed by atoms with E-state index in [1.165, 1.54) is 25.7 Å². The van der Waals surface area contributed by atoms with Gasteiger partial charge in [-0.1, -0.05) is 12.8 Å². The van der Waals surface area contributed by atoms with Crippen LogP contribution in [-0.4, -0.2) is 42.9 Å². The predicted molar refractivity (Wildman–Crippen MR) is 101 cm³/mol. The van der Waals surface area contributed by atoms with Crippen LogP contribution in [-0.2, 0) is 4.79 Å². The van der Waals surface area contributed by atoms with Gasteiger partial charge < -0.3 is 16.0 Å². The highest BCUT2D eigenvalue weighted by molar-refractivity contribution is 14.0. The Bertz CT molecular complexity index is 397. The van der Waals surface area contributed by atoms with E-state index < -0.39 is 5.41 Å². The third-order valence-electron chi connectivity index (χ3n) is 4.90. The van der Waals surface area contributed by atoms with E-state index in [4.69, 9.17) is 5.73 Å². The Morgan fingerprint density at radius 2 is 1.82 bits per heavy atom. The number of nitrogens with zero attached hydrogens (tertiary/aromatic N) is 2. The summed E-state index contributed by atoms with van der Waals surface area (Å²) in [6.07, 6.45) is 5.45. The fourth-order valence-electron chi connectivity index (χ4n) is 3.36. The maximum absolute atomic E-state index is 11.4. The fourth-order valence-corrected chi connectivity index (χ4v) is 3.36. The number of hydrogen-bond donors (Lipinski definition) is 2.